The van der Waals surface area contributed by atoms with Crippen LogP contribution in [0.1, 0.15) is 18.5 Å². The van der Waals surface area contributed by atoms with Gasteiger partial charge in [-0.05, 0) is 45.1 Å². The number of halogens is 1. The quantitative estimate of drug-likeness (QED) is 0.839. The first-order valence-electron chi connectivity index (χ1n) is 5.77. The van der Waals surface area contributed by atoms with Gasteiger partial charge in [0.05, 0.1) is 5.69 Å². The highest BCUT2D eigenvalue weighted by Crippen LogP contribution is 2.09. The smallest absolute Gasteiger partial charge is 0.146 e. The molecule has 0 spiro atoms. The molecular weight excluding hydrogens is 205 g/mol. The van der Waals surface area contributed by atoms with E-state index in [1.54, 1.807) is 12.3 Å². The van der Waals surface area contributed by atoms with Crippen LogP contribution in [0, 0.1) is 5.82 Å². The van der Waals surface area contributed by atoms with Crippen LogP contribution >= 0.6 is 0 Å². The third-order valence-electron chi connectivity index (χ3n) is 3.11. The first-order chi connectivity index (χ1) is 7.75. The number of rotatable bonds is 3. The van der Waals surface area contributed by atoms with Crippen molar-refractivity contribution >= 4 is 0 Å². The molecule has 1 fully saturated rings. The molecule has 0 radical (unpaired) electrons. The molecule has 0 amide bonds. The minimum atomic E-state index is -0.220. The van der Waals surface area contributed by atoms with Gasteiger partial charge in [-0.15, -0.1) is 0 Å². The van der Waals surface area contributed by atoms with Crippen molar-refractivity contribution in [3.8, 4) is 0 Å². The topological polar surface area (TPSA) is 28.2 Å². The van der Waals surface area contributed by atoms with Gasteiger partial charge in [-0.3, -0.25) is 4.98 Å². The van der Waals surface area contributed by atoms with Gasteiger partial charge < -0.3 is 10.2 Å². The minimum Gasteiger partial charge on any atom is -0.308 e. The van der Waals surface area contributed by atoms with Crippen LogP contribution in [0.25, 0.3) is 0 Å². The third-order valence-corrected chi connectivity index (χ3v) is 3.11. The number of likely N-dealkylation sites (tertiary alicyclic amines) is 1. The molecule has 16 heavy (non-hydrogen) atoms. The molecule has 2 rings (SSSR count). The summed E-state index contributed by atoms with van der Waals surface area (Å²) in [5.74, 6) is -0.220. The van der Waals surface area contributed by atoms with Crippen LogP contribution in [-0.4, -0.2) is 36.1 Å². The van der Waals surface area contributed by atoms with Gasteiger partial charge in [0, 0.05) is 18.8 Å². The van der Waals surface area contributed by atoms with Gasteiger partial charge in [0.15, 0.2) is 0 Å². The summed E-state index contributed by atoms with van der Waals surface area (Å²) in [6.45, 7) is 2.76. The minimum absolute atomic E-state index is 0.220. The summed E-state index contributed by atoms with van der Waals surface area (Å²) in [6, 6.07) is 3.57. The predicted octanol–water partition coefficient (Wildman–Crippen LogP) is 1.40. The molecule has 0 atom stereocenters. The molecule has 1 aromatic heterocycles. The second kappa shape index (κ2) is 5.37. The lowest BCUT2D eigenvalue weighted by Gasteiger charge is -2.29. The molecule has 1 N–H and O–H groups in total. The van der Waals surface area contributed by atoms with E-state index in [4.69, 9.17) is 0 Å². The number of nitrogens with zero attached hydrogens (tertiary/aromatic N) is 2. The third kappa shape index (κ3) is 3.00. The Bertz CT molecular complexity index is 335. The number of hydrogen-bond acceptors (Lipinski definition) is 3. The van der Waals surface area contributed by atoms with Gasteiger partial charge in [-0.1, -0.05) is 0 Å². The van der Waals surface area contributed by atoms with E-state index >= 15 is 0 Å². The fraction of sp³-hybridized carbons (Fsp3) is 0.583. The van der Waals surface area contributed by atoms with Crippen LogP contribution in [0.2, 0.25) is 0 Å². The fourth-order valence-electron chi connectivity index (χ4n) is 2.00. The zero-order chi connectivity index (χ0) is 11.4. The summed E-state index contributed by atoms with van der Waals surface area (Å²) < 4.78 is 13.3. The van der Waals surface area contributed by atoms with E-state index in [0.29, 0.717) is 18.3 Å². The Balaban J connectivity index is 1.81. The lowest BCUT2D eigenvalue weighted by molar-refractivity contribution is 0.233. The highest BCUT2D eigenvalue weighted by atomic mass is 19.1. The van der Waals surface area contributed by atoms with Crippen molar-refractivity contribution in [1.82, 2.24) is 15.2 Å². The maximum atomic E-state index is 13.3. The maximum absolute atomic E-state index is 13.3. The van der Waals surface area contributed by atoms with Crippen LogP contribution in [0.15, 0.2) is 18.3 Å². The van der Waals surface area contributed by atoms with E-state index in [1.165, 1.54) is 6.07 Å². The first kappa shape index (κ1) is 11.5. The molecule has 0 unspecified atom stereocenters. The van der Waals surface area contributed by atoms with E-state index in [2.05, 4.69) is 22.2 Å². The SMILES string of the molecule is CN1CCC(NCc2ncccc2F)CC1. The number of hydrogen-bond donors (Lipinski definition) is 1. The van der Waals surface area contributed by atoms with Crippen LogP contribution in [0.4, 0.5) is 4.39 Å². The fourth-order valence-corrected chi connectivity index (χ4v) is 2.00. The number of nitrogens with one attached hydrogen (secondary N) is 1. The van der Waals surface area contributed by atoms with Crippen LogP contribution < -0.4 is 5.32 Å². The van der Waals surface area contributed by atoms with E-state index in [9.17, 15) is 4.39 Å². The molecule has 3 nitrogen and oxygen atoms in total. The van der Waals surface area contributed by atoms with Gasteiger partial charge in [-0.25, -0.2) is 4.39 Å². The van der Waals surface area contributed by atoms with Gasteiger partial charge in [0.2, 0.25) is 0 Å². The molecule has 0 bridgehead atoms. The van der Waals surface area contributed by atoms with Crippen molar-refractivity contribution in [3.63, 3.8) is 0 Å². The summed E-state index contributed by atoms with van der Waals surface area (Å²) in [4.78, 5) is 6.35. The lowest BCUT2D eigenvalue weighted by Crippen LogP contribution is -2.40. The Morgan fingerprint density at radius 2 is 2.25 bits per heavy atom. The number of aromatic nitrogens is 1. The van der Waals surface area contributed by atoms with Crippen LogP contribution in [0.3, 0.4) is 0 Å². The monoisotopic (exact) mass is 223 g/mol. The zero-order valence-corrected chi connectivity index (χ0v) is 9.62. The van der Waals surface area contributed by atoms with Crippen molar-refractivity contribution in [2.75, 3.05) is 20.1 Å². The zero-order valence-electron chi connectivity index (χ0n) is 9.62. The van der Waals surface area contributed by atoms with Gasteiger partial charge >= 0.3 is 0 Å². The van der Waals surface area contributed by atoms with Crippen molar-refractivity contribution in [1.29, 1.82) is 0 Å². The summed E-state index contributed by atoms with van der Waals surface area (Å²) >= 11 is 0. The van der Waals surface area contributed by atoms with E-state index in [0.717, 1.165) is 25.9 Å². The Labute approximate surface area is 95.7 Å². The second-order valence-corrected chi connectivity index (χ2v) is 4.39. The summed E-state index contributed by atoms with van der Waals surface area (Å²) in [5.41, 5.74) is 0.515. The standard InChI is InChI=1S/C12H18FN3/c1-16-7-4-10(5-8-16)15-9-12-11(13)3-2-6-14-12/h2-3,6,10,15H,4-5,7-9H2,1H3. The lowest BCUT2D eigenvalue weighted by atomic mass is 10.1. The molecule has 1 aliphatic heterocycles. The molecule has 1 aromatic rings. The molecule has 88 valence electrons. The number of pyridine rings is 1. The second-order valence-electron chi connectivity index (χ2n) is 4.39. The average Bonchev–Trinajstić information content (AvgIpc) is 2.30. The molecule has 4 heteroatoms. The summed E-state index contributed by atoms with van der Waals surface area (Å²) in [5, 5.41) is 3.37. The van der Waals surface area contributed by atoms with Gasteiger partial charge in [-0.2, -0.15) is 0 Å². The highest BCUT2D eigenvalue weighted by Gasteiger charge is 2.16. The van der Waals surface area contributed by atoms with Crippen molar-refractivity contribution in [2.45, 2.75) is 25.4 Å². The average molecular weight is 223 g/mol. The Kier molecular flexibility index (Phi) is 3.85. The number of piperidine rings is 1. The highest BCUT2D eigenvalue weighted by molar-refractivity contribution is 5.06. The molecule has 0 aromatic carbocycles. The van der Waals surface area contributed by atoms with E-state index in [-0.39, 0.29) is 5.82 Å². The molecular formula is C12H18FN3. The van der Waals surface area contributed by atoms with Crippen molar-refractivity contribution in [3.05, 3.63) is 29.8 Å². The predicted molar refractivity (Wildman–Crippen MR) is 61.6 cm³/mol. The molecule has 0 saturated carbocycles. The largest absolute Gasteiger partial charge is 0.308 e. The summed E-state index contributed by atoms with van der Waals surface area (Å²) in [6.07, 6.45) is 3.89. The Hall–Kier alpha value is -1.00. The van der Waals surface area contributed by atoms with E-state index < -0.39 is 0 Å². The molecule has 2 heterocycles. The normalized spacial score (nSPS) is 18.9. The Morgan fingerprint density at radius 3 is 2.94 bits per heavy atom. The maximum Gasteiger partial charge on any atom is 0.146 e. The van der Waals surface area contributed by atoms with Crippen LogP contribution in [0.5, 0.6) is 0 Å². The van der Waals surface area contributed by atoms with Crippen molar-refractivity contribution in [2.24, 2.45) is 0 Å². The van der Waals surface area contributed by atoms with Crippen molar-refractivity contribution < 1.29 is 4.39 Å². The Morgan fingerprint density at radius 1 is 1.50 bits per heavy atom. The van der Waals surface area contributed by atoms with Crippen LogP contribution in [-0.2, 0) is 6.54 Å². The molecule has 1 aliphatic rings. The van der Waals surface area contributed by atoms with Gasteiger partial charge in [0.1, 0.15) is 5.82 Å². The summed E-state index contributed by atoms with van der Waals surface area (Å²) in [7, 11) is 2.13. The molecule has 0 aliphatic carbocycles. The van der Waals surface area contributed by atoms with E-state index in [1.807, 2.05) is 0 Å². The molecule has 1 saturated heterocycles. The first-order valence-corrected chi connectivity index (χ1v) is 5.77. The van der Waals surface area contributed by atoms with Gasteiger partial charge in [0.25, 0.3) is 0 Å².